The van der Waals surface area contributed by atoms with E-state index in [2.05, 4.69) is 92.1 Å². The van der Waals surface area contributed by atoms with Crippen molar-refractivity contribution in [2.75, 3.05) is 16.3 Å². The summed E-state index contributed by atoms with van der Waals surface area (Å²) < 4.78 is 6.39. The van der Waals surface area contributed by atoms with Crippen LogP contribution in [0.1, 0.15) is 26.3 Å². The Labute approximate surface area is 166 Å². The third kappa shape index (κ3) is 2.42. The van der Waals surface area contributed by atoms with Gasteiger partial charge in [0.1, 0.15) is 5.58 Å². The largest absolute Gasteiger partial charge is 0.454 e. The predicted molar refractivity (Wildman–Crippen MR) is 119 cm³/mol. The van der Waals surface area contributed by atoms with Crippen LogP contribution >= 0.6 is 0 Å². The van der Waals surface area contributed by atoms with Crippen LogP contribution in [-0.2, 0) is 0 Å². The lowest BCUT2D eigenvalue weighted by Gasteiger charge is -2.45. The van der Waals surface area contributed by atoms with Gasteiger partial charge >= 0.3 is 0 Å². The maximum atomic E-state index is 6.39. The molecule has 0 bridgehead atoms. The SMILES string of the molecule is Cc1ccc2c(oc3ccccc32)c1N1C[C@@H](C)N(C(C)C)c2ccccc21. The lowest BCUT2D eigenvalue weighted by atomic mass is 10.0. The van der Waals surface area contributed by atoms with Crippen LogP contribution in [0, 0.1) is 6.92 Å². The standard InChI is InChI=1S/C25H26N2O/c1-16(2)27-18(4)15-26(21-10-6-7-11-22(21)27)24-17(3)13-14-20-19-9-5-8-12-23(19)28-25(20)24/h5-14,16,18H,15H2,1-4H3/t18-/m1/s1. The molecule has 142 valence electrons. The van der Waals surface area contributed by atoms with Gasteiger partial charge in [-0.3, -0.25) is 0 Å². The summed E-state index contributed by atoms with van der Waals surface area (Å²) in [6, 6.07) is 22.4. The summed E-state index contributed by atoms with van der Waals surface area (Å²) >= 11 is 0. The molecule has 1 aliphatic heterocycles. The van der Waals surface area contributed by atoms with Crippen LogP contribution in [0.5, 0.6) is 0 Å². The van der Waals surface area contributed by atoms with Gasteiger partial charge in [0.05, 0.1) is 17.1 Å². The van der Waals surface area contributed by atoms with Crippen LogP contribution in [-0.4, -0.2) is 18.6 Å². The Morgan fingerprint density at radius 2 is 1.61 bits per heavy atom. The molecule has 3 aromatic carbocycles. The fourth-order valence-electron chi connectivity index (χ4n) is 4.81. The molecule has 0 amide bonds. The highest BCUT2D eigenvalue weighted by atomic mass is 16.3. The first kappa shape index (κ1) is 17.2. The molecule has 1 atom stereocenters. The van der Waals surface area contributed by atoms with E-state index < -0.39 is 0 Å². The van der Waals surface area contributed by atoms with Crippen LogP contribution in [0.25, 0.3) is 21.9 Å². The second-order valence-electron chi connectivity index (χ2n) is 8.16. The zero-order valence-electron chi connectivity index (χ0n) is 16.9. The number of fused-ring (bicyclic) bond motifs is 4. The Balaban J connectivity index is 1.78. The van der Waals surface area contributed by atoms with Gasteiger partial charge in [0.2, 0.25) is 0 Å². The van der Waals surface area contributed by atoms with Crippen LogP contribution in [0.2, 0.25) is 0 Å². The number of aryl methyl sites for hydroxylation is 1. The second-order valence-corrected chi connectivity index (χ2v) is 8.16. The van der Waals surface area contributed by atoms with Crippen molar-refractivity contribution < 1.29 is 4.42 Å². The molecule has 2 heterocycles. The van der Waals surface area contributed by atoms with E-state index in [1.165, 1.54) is 33.4 Å². The van der Waals surface area contributed by atoms with Gasteiger partial charge in [0.25, 0.3) is 0 Å². The van der Waals surface area contributed by atoms with Gasteiger partial charge in [-0.2, -0.15) is 0 Å². The molecular weight excluding hydrogens is 344 g/mol. The predicted octanol–water partition coefficient (Wildman–Crippen LogP) is 6.65. The quantitative estimate of drug-likeness (QED) is 0.394. The lowest BCUT2D eigenvalue weighted by Crippen LogP contribution is -2.49. The number of rotatable bonds is 2. The Bertz CT molecular complexity index is 1170. The number of anilines is 3. The molecule has 0 saturated carbocycles. The molecule has 0 N–H and O–H groups in total. The molecule has 0 saturated heterocycles. The van der Waals surface area contributed by atoms with Crippen molar-refractivity contribution in [2.45, 2.75) is 39.8 Å². The monoisotopic (exact) mass is 370 g/mol. The van der Waals surface area contributed by atoms with Crippen molar-refractivity contribution in [3.8, 4) is 0 Å². The highest BCUT2D eigenvalue weighted by molar-refractivity contribution is 6.10. The number of benzene rings is 3. The van der Waals surface area contributed by atoms with Gasteiger partial charge in [-0.25, -0.2) is 0 Å². The number of nitrogens with zero attached hydrogens (tertiary/aromatic N) is 2. The minimum absolute atomic E-state index is 0.411. The highest BCUT2D eigenvalue weighted by Crippen LogP contribution is 2.45. The Morgan fingerprint density at radius 1 is 0.893 bits per heavy atom. The zero-order valence-corrected chi connectivity index (χ0v) is 16.9. The van der Waals surface area contributed by atoms with Crippen molar-refractivity contribution in [3.05, 3.63) is 66.2 Å². The number of furan rings is 1. The van der Waals surface area contributed by atoms with E-state index in [9.17, 15) is 0 Å². The molecule has 1 aromatic heterocycles. The summed E-state index contributed by atoms with van der Waals surface area (Å²) in [5.41, 5.74) is 6.92. The summed E-state index contributed by atoms with van der Waals surface area (Å²) in [4.78, 5) is 4.98. The van der Waals surface area contributed by atoms with E-state index >= 15 is 0 Å². The molecule has 3 heteroatoms. The van der Waals surface area contributed by atoms with Crippen LogP contribution < -0.4 is 9.80 Å². The molecule has 5 rings (SSSR count). The summed E-state index contributed by atoms with van der Waals surface area (Å²) in [5, 5.41) is 2.37. The summed E-state index contributed by atoms with van der Waals surface area (Å²) in [7, 11) is 0. The normalized spacial score (nSPS) is 17.0. The van der Waals surface area contributed by atoms with Crippen LogP contribution in [0.15, 0.2) is 65.1 Å². The molecule has 0 aliphatic carbocycles. The zero-order chi connectivity index (χ0) is 19.4. The molecular formula is C25H26N2O. The van der Waals surface area contributed by atoms with Crippen molar-refractivity contribution in [3.63, 3.8) is 0 Å². The van der Waals surface area contributed by atoms with Gasteiger partial charge in [0, 0.05) is 29.4 Å². The summed E-state index contributed by atoms with van der Waals surface area (Å²) in [6.45, 7) is 9.98. The van der Waals surface area contributed by atoms with Crippen LogP contribution in [0.3, 0.4) is 0 Å². The second kappa shape index (κ2) is 6.30. The number of hydrogen-bond donors (Lipinski definition) is 0. The molecule has 0 spiro atoms. The molecule has 28 heavy (non-hydrogen) atoms. The van der Waals surface area contributed by atoms with Gasteiger partial charge in [0.15, 0.2) is 5.58 Å². The smallest absolute Gasteiger partial charge is 0.159 e. The first-order valence-corrected chi connectivity index (χ1v) is 10.1. The lowest BCUT2D eigenvalue weighted by molar-refractivity contribution is 0.559. The van der Waals surface area contributed by atoms with Gasteiger partial charge in [-0.1, -0.05) is 42.5 Å². The van der Waals surface area contributed by atoms with Gasteiger partial charge < -0.3 is 14.2 Å². The van der Waals surface area contributed by atoms with Crippen molar-refractivity contribution in [1.82, 2.24) is 0 Å². The maximum absolute atomic E-state index is 6.39. The maximum Gasteiger partial charge on any atom is 0.159 e. The Morgan fingerprint density at radius 3 is 2.39 bits per heavy atom. The average Bonchev–Trinajstić information content (AvgIpc) is 3.05. The summed E-state index contributed by atoms with van der Waals surface area (Å²) in [5.74, 6) is 0. The molecule has 0 unspecified atom stereocenters. The van der Waals surface area contributed by atoms with Gasteiger partial charge in [-0.15, -0.1) is 0 Å². The van der Waals surface area contributed by atoms with E-state index in [4.69, 9.17) is 4.42 Å². The van der Waals surface area contributed by atoms with E-state index in [0.29, 0.717) is 12.1 Å². The Kier molecular flexibility index (Phi) is 3.87. The minimum Gasteiger partial charge on any atom is -0.454 e. The van der Waals surface area contributed by atoms with E-state index in [1.54, 1.807) is 0 Å². The van der Waals surface area contributed by atoms with Crippen molar-refractivity contribution in [1.29, 1.82) is 0 Å². The van der Waals surface area contributed by atoms with E-state index in [-0.39, 0.29) is 0 Å². The van der Waals surface area contributed by atoms with Crippen molar-refractivity contribution >= 4 is 39.0 Å². The third-order valence-corrected chi connectivity index (χ3v) is 5.92. The first-order chi connectivity index (χ1) is 13.6. The highest BCUT2D eigenvalue weighted by Gasteiger charge is 2.32. The number of hydrogen-bond acceptors (Lipinski definition) is 3. The summed E-state index contributed by atoms with van der Waals surface area (Å²) in [6.07, 6.45) is 0. The van der Waals surface area contributed by atoms with Gasteiger partial charge in [-0.05, 0) is 51.5 Å². The molecule has 0 fully saturated rings. The van der Waals surface area contributed by atoms with E-state index in [0.717, 1.165) is 17.7 Å². The molecule has 1 aliphatic rings. The Hall–Kier alpha value is -2.94. The molecule has 0 radical (unpaired) electrons. The first-order valence-electron chi connectivity index (χ1n) is 10.1. The average molecular weight is 370 g/mol. The number of para-hydroxylation sites is 3. The third-order valence-electron chi connectivity index (χ3n) is 5.92. The molecule has 3 nitrogen and oxygen atoms in total. The van der Waals surface area contributed by atoms with Crippen molar-refractivity contribution in [2.24, 2.45) is 0 Å². The molecule has 4 aromatic rings. The van der Waals surface area contributed by atoms with E-state index in [1.807, 2.05) is 6.07 Å². The van der Waals surface area contributed by atoms with Crippen LogP contribution in [0.4, 0.5) is 17.1 Å². The topological polar surface area (TPSA) is 19.6 Å². The fourth-order valence-corrected chi connectivity index (χ4v) is 4.81. The minimum atomic E-state index is 0.411. The fraction of sp³-hybridized carbons (Fsp3) is 0.280.